The molecule has 0 bridgehead atoms. The zero-order valence-corrected chi connectivity index (χ0v) is 17.9. The van der Waals surface area contributed by atoms with Crippen LogP contribution in [-0.2, 0) is 4.79 Å². The van der Waals surface area contributed by atoms with Crippen molar-refractivity contribution in [2.75, 3.05) is 18.4 Å². The van der Waals surface area contributed by atoms with E-state index in [1.165, 1.54) is 0 Å². The second-order valence-corrected chi connectivity index (χ2v) is 9.06. The van der Waals surface area contributed by atoms with Crippen LogP contribution in [0.2, 0.25) is 5.02 Å². The SMILES string of the molecule is CC(C)(C)C(=O)N1CCCC(Nc2nc(-c3c[nH]c4ncc(Cl)cc34)ncc2F)C1. The number of halogens is 2. The molecule has 1 fully saturated rings. The number of likely N-dealkylation sites (tertiary alicyclic amines) is 1. The fraction of sp³-hybridized carbons (Fsp3) is 0.429. The summed E-state index contributed by atoms with van der Waals surface area (Å²) in [5.74, 6) is 0.0575. The van der Waals surface area contributed by atoms with Crippen molar-refractivity contribution >= 4 is 34.4 Å². The molecule has 1 aliphatic rings. The van der Waals surface area contributed by atoms with Gasteiger partial charge in [-0.15, -0.1) is 0 Å². The maximum absolute atomic E-state index is 14.5. The van der Waals surface area contributed by atoms with E-state index >= 15 is 0 Å². The predicted octanol–water partition coefficient (Wildman–Crippen LogP) is 4.26. The van der Waals surface area contributed by atoms with Crippen LogP contribution in [-0.4, -0.2) is 49.9 Å². The quantitative estimate of drug-likeness (QED) is 0.648. The van der Waals surface area contributed by atoms with Crippen LogP contribution in [0, 0.1) is 11.2 Å². The minimum atomic E-state index is -0.533. The Balaban J connectivity index is 1.58. The number of carbonyl (C=O) groups is 1. The molecule has 0 aliphatic carbocycles. The molecule has 1 unspecified atom stereocenters. The molecular weight excluding hydrogens is 407 g/mol. The number of piperidine rings is 1. The molecule has 1 aliphatic heterocycles. The van der Waals surface area contributed by atoms with Crippen molar-refractivity contribution in [2.45, 2.75) is 39.7 Å². The number of hydrogen-bond donors (Lipinski definition) is 2. The standard InChI is InChI=1S/C21H24ClFN6O/c1-21(2,3)20(30)29-6-4-5-13(11-29)27-19-16(23)10-26-18(28-19)15-9-25-17-14(15)7-12(22)8-24-17/h7-10,13H,4-6,11H2,1-3H3,(H,24,25)(H,26,27,28). The van der Waals surface area contributed by atoms with Gasteiger partial charge in [0.15, 0.2) is 17.5 Å². The number of fused-ring (bicyclic) bond motifs is 1. The summed E-state index contributed by atoms with van der Waals surface area (Å²) in [6, 6.07) is 1.69. The Morgan fingerprint density at radius 1 is 1.33 bits per heavy atom. The molecule has 1 saturated heterocycles. The molecule has 1 amide bonds. The molecule has 30 heavy (non-hydrogen) atoms. The van der Waals surface area contributed by atoms with Gasteiger partial charge in [0.25, 0.3) is 0 Å². The first-order valence-corrected chi connectivity index (χ1v) is 10.3. The Kier molecular flexibility index (Phi) is 5.36. The van der Waals surface area contributed by atoms with E-state index in [-0.39, 0.29) is 17.8 Å². The van der Waals surface area contributed by atoms with Crippen molar-refractivity contribution in [2.24, 2.45) is 5.41 Å². The number of carbonyl (C=O) groups excluding carboxylic acids is 1. The van der Waals surface area contributed by atoms with Crippen molar-refractivity contribution in [3.63, 3.8) is 0 Å². The maximum Gasteiger partial charge on any atom is 0.228 e. The number of H-pyrrole nitrogens is 1. The summed E-state index contributed by atoms with van der Waals surface area (Å²) in [6.07, 6.45) is 6.12. The molecule has 4 heterocycles. The molecule has 2 N–H and O–H groups in total. The van der Waals surface area contributed by atoms with Gasteiger partial charge in [-0.2, -0.15) is 0 Å². The molecule has 9 heteroatoms. The molecule has 7 nitrogen and oxygen atoms in total. The first kappa shape index (κ1) is 20.5. The second kappa shape index (κ2) is 7.83. The lowest BCUT2D eigenvalue weighted by atomic mass is 9.93. The number of hydrogen-bond acceptors (Lipinski definition) is 5. The zero-order valence-electron chi connectivity index (χ0n) is 17.2. The molecule has 158 valence electrons. The minimum Gasteiger partial charge on any atom is -0.363 e. The largest absolute Gasteiger partial charge is 0.363 e. The Morgan fingerprint density at radius 3 is 2.90 bits per heavy atom. The zero-order chi connectivity index (χ0) is 21.5. The molecule has 0 saturated carbocycles. The van der Waals surface area contributed by atoms with Gasteiger partial charge < -0.3 is 15.2 Å². The van der Waals surface area contributed by atoms with Crippen LogP contribution in [0.1, 0.15) is 33.6 Å². The van der Waals surface area contributed by atoms with Crippen LogP contribution in [0.3, 0.4) is 0 Å². The van der Waals surface area contributed by atoms with Gasteiger partial charge in [-0.3, -0.25) is 4.79 Å². The molecule has 3 aromatic rings. The van der Waals surface area contributed by atoms with E-state index in [0.717, 1.165) is 31.0 Å². The summed E-state index contributed by atoms with van der Waals surface area (Å²) in [4.78, 5) is 30.3. The third-order valence-electron chi connectivity index (χ3n) is 5.17. The number of nitrogens with one attached hydrogen (secondary N) is 2. The van der Waals surface area contributed by atoms with Gasteiger partial charge in [-0.05, 0) is 18.9 Å². The molecule has 0 spiro atoms. The van der Waals surface area contributed by atoms with Crippen molar-refractivity contribution in [1.82, 2.24) is 24.8 Å². The lowest BCUT2D eigenvalue weighted by molar-refractivity contribution is -0.140. The molecule has 3 aromatic heterocycles. The van der Waals surface area contributed by atoms with Crippen molar-refractivity contribution in [3.8, 4) is 11.4 Å². The first-order chi connectivity index (χ1) is 14.2. The van der Waals surface area contributed by atoms with Gasteiger partial charge in [0.1, 0.15) is 5.65 Å². The summed E-state index contributed by atoms with van der Waals surface area (Å²) in [6.45, 7) is 6.96. The highest BCUT2D eigenvalue weighted by Gasteiger charge is 2.31. The summed E-state index contributed by atoms with van der Waals surface area (Å²) in [5, 5.41) is 4.43. The highest BCUT2D eigenvalue weighted by molar-refractivity contribution is 6.31. The van der Waals surface area contributed by atoms with Crippen LogP contribution >= 0.6 is 11.6 Å². The predicted molar refractivity (Wildman–Crippen MR) is 115 cm³/mol. The highest BCUT2D eigenvalue weighted by Crippen LogP contribution is 2.29. The van der Waals surface area contributed by atoms with Crippen LogP contribution in [0.15, 0.2) is 24.7 Å². The van der Waals surface area contributed by atoms with Gasteiger partial charge in [-0.1, -0.05) is 32.4 Å². The summed E-state index contributed by atoms with van der Waals surface area (Å²) >= 11 is 6.07. The normalized spacial score (nSPS) is 17.4. The van der Waals surface area contributed by atoms with Crippen molar-refractivity contribution < 1.29 is 9.18 Å². The minimum absolute atomic E-state index is 0.0821. The van der Waals surface area contributed by atoms with Crippen LogP contribution in [0.4, 0.5) is 10.2 Å². The monoisotopic (exact) mass is 430 g/mol. The summed E-state index contributed by atoms with van der Waals surface area (Å²) < 4.78 is 14.5. The molecular formula is C21H24ClFN6O. The first-order valence-electron chi connectivity index (χ1n) is 9.94. The third kappa shape index (κ3) is 4.09. The lowest BCUT2D eigenvalue weighted by Crippen LogP contribution is -2.49. The van der Waals surface area contributed by atoms with Gasteiger partial charge in [-0.25, -0.2) is 19.3 Å². The van der Waals surface area contributed by atoms with Gasteiger partial charge in [0.05, 0.1) is 11.2 Å². The Labute approximate surface area is 179 Å². The second-order valence-electron chi connectivity index (χ2n) is 8.63. The number of aromatic nitrogens is 4. The van der Waals surface area contributed by atoms with Gasteiger partial charge >= 0.3 is 0 Å². The number of rotatable bonds is 3. The van der Waals surface area contributed by atoms with E-state index in [4.69, 9.17) is 11.6 Å². The van der Waals surface area contributed by atoms with E-state index in [2.05, 4.69) is 25.3 Å². The van der Waals surface area contributed by atoms with E-state index in [1.807, 2.05) is 25.7 Å². The molecule has 1 atom stereocenters. The van der Waals surface area contributed by atoms with Crippen molar-refractivity contribution in [1.29, 1.82) is 0 Å². The van der Waals surface area contributed by atoms with Gasteiger partial charge in [0, 0.05) is 47.9 Å². The number of aromatic amines is 1. The van der Waals surface area contributed by atoms with E-state index < -0.39 is 11.2 Å². The fourth-order valence-corrected chi connectivity index (χ4v) is 3.87. The number of pyridine rings is 1. The fourth-order valence-electron chi connectivity index (χ4n) is 3.71. The van der Waals surface area contributed by atoms with Crippen LogP contribution < -0.4 is 5.32 Å². The van der Waals surface area contributed by atoms with E-state index in [9.17, 15) is 9.18 Å². The Bertz CT molecular complexity index is 1090. The Morgan fingerprint density at radius 2 is 2.13 bits per heavy atom. The number of amides is 1. The highest BCUT2D eigenvalue weighted by atomic mass is 35.5. The Hall–Kier alpha value is -2.74. The van der Waals surface area contributed by atoms with Crippen LogP contribution in [0.5, 0.6) is 0 Å². The smallest absolute Gasteiger partial charge is 0.228 e. The van der Waals surface area contributed by atoms with E-state index in [0.29, 0.717) is 28.6 Å². The number of anilines is 1. The van der Waals surface area contributed by atoms with E-state index in [1.54, 1.807) is 18.5 Å². The van der Waals surface area contributed by atoms with Gasteiger partial charge in [0.2, 0.25) is 5.91 Å². The molecule has 0 aromatic carbocycles. The summed E-state index contributed by atoms with van der Waals surface area (Å²) in [7, 11) is 0. The maximum atomic E-state index is 14.5. The average molecular weight is 431 g/mol. The molecule has 4 rings (SSSR count). The topological polar surface area (TPSA) is 86.8 Å². The number of nitrogens with zero attached hydrogens (tertiary/aromatic N) is 4. The van der Waals surface area contributed by atoms with Crippen molar-refractivity contribution in [3.05, 3.63) is 35.5 Å². The summed E-state index contributed by atoms with van der Waals surface area (Å²) in [5.41, 5.74) is 0.900. The molecule has 0 radical (unpaired) electrons. The van der Waals surface area contributed by atoms with Crippen LogP contribution in [0.25, 0.3) is 22.4 Å². The third-order valence-corrected chi connectivity index (χ3v) is 5.38. The average Bonchev–Trinajstić information content (AvgIpc) is 3.11. The lowest BCUT2D eigenvalue weighted by Gasteiger charge is -2.36.